The van der Waals surface area contributed by atoms with Gasteiger partial charge in [0.25, 0.3) is 0 Å². The Morgan fingerprint density at radius 3 is 1.58 bits per heavy atom. The molecule has 19 nitrogen and oxygen atoms in total. The number of hydrogen-bond acceptors (Lipinski definition) is 10. The van der Waals surface area contributed by atoms with Crippen LogP contribution in [0.25, 0.3) is 0 Å². The van der Waals surface area contributed by atoms with E-state index in [1.165, 1.54) is 0 Å². The summed E-state index contributed by atoms with van der Waals surface area (Å²) in [4.78, 5) is 113. The molecule has 0 aliphatic carbocycles. The summed E-state index contributed by atoms with van der Waals surface area (Å²) < 4.78 is 0. The van der Waals surface area contributed by atoms with Crippen LogP contribution in [0.4, 0.5) is 0 Å². The van der Waals surface area contributed by atoms with Gasteiger partial charge in [0.2, 0.25) is 41.4 Å². The van der Waals surface area contributed by atoms with Gasteiger partial charge in [0.1, 0.15) is 30.2 Å². The minimum atomic E-state index is -1.82. The van der Waals surface area contributed by atoms with Gasteiger partial charge < -0.3 is 54.0 Å². The molecule has 288 valence electrons. The highest BCUT2D eigenvalue weighted by Crippen LogP contribution is 2.11. The smallest absolute Gasteiger partial charge is 0.326 e. The van der Waals surface area contributed by atoms with Crippen LogP contribution in [0, 0.1) is 11.8 Å². The number of carboxylic acid groups (broad SMARTS) is 2. The molecule has 0 bridgehead atoms. The summed E-state index contributed by atoms with van der Waals surface area (Å²) in [6.07, 6.45) is -2.01. The Bertz CT molecular complexity index is 1460. The van der Waals surface area contributed by atoms with Crippen LogP contribution in [-0.4, -0.2) is 99.8 Å². The van der Waals surface area contributed by atoms with Gasteiger partial charge in [0.05, 0.1) is 25.3 Å². The molecule has 0 saturated heterocycles. The second-order valence-electron chi connectivity index (χ2n) is 12.8. The Kier molecular flexibility index (Phi) is 18.4. The van der Waals surface area contributed by atoms with E-state index >= 15 is 0 Å². The summed E-state index contributed by atoms with van der Waals surface area (Å²) in [7, 11) is 0. The summed E-state index contributed by atoms with van der Waals surface area (Å²) in [5, 5.41) is 30.6. The number of aliphatic carboxylic acids is 2. The van der Waals surface area contributed by atoms with Crippen LogP contribution in [0.15, 0.2) is 30.3 Å². The van der Waals surface area contributed by atoms with Gasteiger partial charge in [-0.2, -0.15) is 0 Å². The van der Waals surface area contributed by atoms with Crippen molar-refractivity contribution in [3.8, 4) is 0 Å². The van der Waals surface area contributed by atoms with Crippen molar-refractivity contribution in [2.24, 2.45) is 29.0 Å². The third-order valence-corrected chi connectivity index (χ3v) is 7.84. The molecular formula is C33H50N8O11. The van der Waals surface area contributed by atoms with Crippen molar-refractivity contribution in [3.05, 3.63) is 35.9 Å². The summed E-state index contributed by atoms with van der Waals surface area (Å²) in [5.74, 6) is -10.6. The maximum atomic E-state index is 13.6. The molecular weight excluding hydrogens is 684 g/mol. The van der Waals surface area contributed by atoms with Gasteiger partial charge in [-0.05, 0) is 23.8 Å². The Morgan fingerprint density at radius 2 is 1.10 bits per heavy atom. The van der Waals surface area contributed by atoms with E-state index < -0.39 is 115 Å². The number of carboxylic acids is 2. The van der Waals surface area contributed by atoms with Crippen molar-refractivity contribution in [1.29, 1.82) is 0 Å². The molecule has 0 aliphatic heterocycles. The highest BCUT2D eigenvalue weighted by atomic mass is 16.4. The summed E-state index contributed by atoms with van der Waals surface area (Å²) in [6, 6.07) is -0.542. The molecule has 1 aromatic rings. The van der Waals surface area contributed by atoms with E-state index in [-0.39, 0.29) is 18.8 Å². The average Bonchev–Trinajstić information content (AvgIpc) is 3.04. The van der Waals surface area contributed by atoms with Crippen LogP contribution in [0.5, 0.6) is 0 Å². The highest BCUT2D eigenvalue weighted by Gasteiger charge is 2.35. The fourth-order valence-corrected chi connectivity index (χ4v) is 4.90. The number of rotatable bonds is 23. The van der Waals surface area contributed by atoms with Crippen molar-refractivity contribution in [1.82, 2.24) is 26.6 Å². The van der Waals surface area contributed by atoms with E-state index in [1.807, 2.05) is 0 Å². The summed E-state index contributed by atoms with van der Waals surface area (Å²) in [6.45, 7) is 6.68. The van der Waals surface area contributed by atoms with Crippen molar-refractivity contribution >= 4 is 53.3 Å². The maximum Gasteiger partial charge on any atom is 0.326 e. The van der Waals surface area contributed by atoms with Crippen LogP contribution >= 0.6 is 0 Å². The first-order valence-electron chi connectivity index (χ1n) is 16.6. The molecule has 7 unspecified atom stereocenters. The van der Waals surface area contributed by atoms with E-state index in [4.69, 9.17) is 17.2 Å². The average molecular weight is 735 g/mol. The van der Waals surface area contributed by atoms with Crippen LogP contribution in [-0.2, 0) is 49.6 Å². The Balaban J connectivity index is 3.33. The van der Waals surface area contributed by atoms with Gasteiger partial charge in [0, 0.05) is 6.42 Å². The molecule has 7 amide bonds. The number of primary amides is 2. The van der Waals surface area contributed by atoms with Gasteiger partial charge in [-0.1, -0.05) is 64.4 Å². The number of nitrogens with one attached hydrogen (secondary N) is 5. The fraction of sp³-hybridized carbons (Fsp3) is 0.545. The molecule has 52 heavy (non-hydrogen) atoms. The van der Waals surface area contributed by atoms with Gasteiger partial charge in [-0.3, -0.25) is 38.4 Å². The molecule has 0 fully saturated rings. The van der Waals surface area contributed by atoms with Crippen LogP contribution in [0.2, 0.25) is 0 Å². The highest BCUT2D eigenvalue weighted by molar-refractivity contribution is 5.98. The Labute approximate surface area is 300 Å². The molecule has 1 rings (SSSR count). The molecule has 0 saturated carbocycles. The summed E-state index contributed by atoms with van der Waals surface area (Å²) >= 11 is 0. The molecule has 0 heterocycles. The van der Waals surface area contributed by atoms with Crippen LogP contribution < -0.4 is 43.8 Å². The largest absolute Gasteiger partial charge is 0.481 e. The minimum absolute atomic E-state index is 0.00802. The monoisotopic (exact) mass is 734 g/mol. The number of carbonyl (C=O) groups is 9. The first kappa shape index (κ1) is 44.4. The second-order valence-corrected chi connectivity index (χ2v) is 12.8. The first-order valence-corrected chi connectivity index (χ1v) is 16.6. The third-order valence-electron chi connectivity index (χ3n) is 7.84. The minimum Gasteiger partial charge on any atom is -0.481 e. The quantitative estimate of drug-likeness (QED) is 0.0553. The molecule has 1 aromatic carbocycles. The lowest BCUT2D eigenvalue weighted by Gasteiger charge is -2.27. The summed E-state index contributed by atoms with van der Waals surface area (Å²) in [5.41, 5.74) is 16.8. The SMILES string of the molecule is CCC(C)C(NC(=O)C(CC(=O)O)NC(=O)C(CC(N)=O)NC(=O)C(CC(C)C)NC(=O)C(Cc1ccccc1)NC(=O)C(N)CC(N)=O)C(=O)O. The Hall–Kier alpha value is -5.59. The van der Waals surface area contributed by atoms with Crippen molar-refractivity contribution in [2.75, 3.05) is 0 Å². The maximum absolute atomic E-state index is 13.6. The number of hydrogen-bond donors (Lipinski definition) is 10. The molecule has 7 atom stereocenters. The predicted octanol–water partition coefficient (Wildman–Crippen LogP) is -2.62. The zero-order valence-electron chi connectivity index (χ0n) is 29.5. The third kappa shape index (κ3) is 16.0. The first-order chi connectivity index (χ1) is 24.2. The van der Waals surface area contributed by atoms with Gasteiger partial charge >= 0.3 is 11.9 Å². The topological polar surface area (TPSA) is 332 Å². The van der Waals surface area contributed by atoms with Crippen molar-refractivity contribution < 1.29 is 53.4 Å². The zero-order valence-corrected chi connectivity index (χ0v) is 29.5. The van der Waals surface area contributed by atoms with Crippen LogP contribution in [0.3, 0.4) is 0 Å². The molecule has 19 heteroatoms. The van der Waals surface area contributed by atoms with Crippen LogP contribution in [0.1, 0.15) is 65.4 Å². The van der Waals surface area contributed by atoms with E-state index in [9.17, 15) is 53.4 Å². The predicted molar refractivity (Wildman–Crippen MR) is 184 cm³/mol. The fourth-order valence-electron chi connectivity index (χ4n) is 4.90. The molecule has 0 aliphatic rings. The van der Waals surface area contributed by atoms with Crippen molar-refractivity contribution in [3.63, 3.8) is 0 Å². The standard InChI is InChI=1S/C33H50N8O11/c1-5-17(4)27(33(51)52)41-32(50)23(15-26(44)45)40-31(49)22(14-25(36)43)39-29(47)20(11-16(2)3)38-30(48)21(12-18-9-7-6-8-10-18)37-28(46)19(34)13-24(35)42/h6-10,16-17,19-23,27H,5,11-15,34H2,1-4H3,(H2,35,42)(H2,36,43)(H,37,46)(H,38,48)(H,39,47)(H,40,49)(H,41,50)(H,44,45)(H,51,52). The molecule has 13 N–H and O–H groups in total. The lowest BCUT2D eigenvalue weighted by atomic mass is 9.98. The Morgan fingerprint density at radius 1 is 0.635 bits per heavy atom. The van der Waals surface area contributed by atoms with E-state index in [0.29, 0.717) is 12.0 Å². The van der Waals surface area contributed by atoms with Crippen molar-refractivity contribution in [2.45, 2.75) is 102 Å². The lowest BCUT2D eigenvalue weighted by Crippen LogP contribution is -2.60. The van der Waals surface area contributed by atoms with E-state index in [1.54, 1.807) is 58.0 Å². The lowest BCUT2D eigenvalue weighted by molar-refractivity contribution is -0.145. The van der Waals surface area contributed by atoms with E-state index in [2.05, 4.69) is 26.6 Å². The van der Waals surface area contributed by atoms with Gasteiger partial charge in [-0.25, -0.2) is 4.79 Å². The zero-order chi connectivity index (χ0) is 39.7. The van der Waals surface area contributed by atoms with Gasteiger partial charge in [-0.15, -0.1) is 0 Å². The molecule has 0 aromatic heterocycles. The number of amides is 7. The van der Waals surface area contributed by atoms with E-state index in [0.717, 1.165) is 0 Å². The number of carbonyl (C=O) groups excluding carboxylic acids is 7. The number of nitrogens with two attached hydrogens (primary N) is 3. The van der Waals surface area contributed by atoms with Gasteiger partial charge in [0.15, 0.2) is 0 Å². The number of benzene rings is 1. The molecule has 0 radical (unpaired) electrons. The normalized spacial score (nSPS) is 15.0. The second kappa shape index (κ2) is 21.6. The molecule has 0 spiro atoms.